The maximum atomic E-state index is 15.4. The highest BCUT2D eigenvalue weighted by Crippen LogP contribution is 2.38. The molecule has 5 rings (SSSR count). The average molecular weight is 493 g/mol. The van der Waals surface area contributed by atoms with Crippen molar-refractivity contribution in [1.29, 1.82) is 0 Å². The van der Waals surface area contributed by atoms with Gasteiger partial charge in [0.05, 0.1) is 12.7 Å². The van der Waals surface area contributed by atoms with Gasteiger partial charge in [0.15, 0.2) is 0 Å². The summed E-state index contributed by atoms with van der Waals surface area (Å²) in [6.07, 6.45) is 1.03. The number of nitrogens with one attached hydrogen (secondary N) is 1. The molecule has 0 bridgehead atoms. The minimum atomic E-state index is -0.345. The van der Waals surface area contributed by atoms with E-state index in [1.165, 1.54) is 5.56 Å². The van der Waals surface area contributed by atoms with Crippen LogP contribution in [0.4, 0.5) is 15.9 Å². The maximum Gasteiger partial charge on any atom is 0.139 e. The molecule has 2 aromatic carbocycles. The van der Waals surface area contributed by atoms with Crippen LogP contribution in [0, 0.1) is 11.7 Å². The van der Waals surface area contributed by atoms with Crippen LogP contribution in [-0.4, -0.2) is 37.3 Å². The molecular weight excluding hydrogens is 463 g/mol. The van der Waals surface area contributed by atoms with Crippen LogP contribution in [0.2, 0.25) is 5.15 Å². The summed E-state index contributed by atoms with van der Waals surface area (Å²) < 4.78 is 21.3. The van der Waals surface area contributed by atoms with Crippen LogP contribution in [0.15, 0.2) is 49.0 Å². The second-order valence-corrected chi connectivity index (χ2v) is 9.91. The molecule has 5 nitrogen and oxygen atoms in total. The van der Waals surface area contributed by atoms with Gasteiger partial charge in [0, 0.05) is 53.3 Å². The second-order valence-electron chi connectivity index (χ2n) is 9.55. The number of benzene rings is 2. The standard InChI is InChI=1S/C28H30ClFN4O/c1-16(2)26-15-34(10-11-35-26)20-5-7-22(25(30)13-20)24-14-23(28(31)33-27(24)29)18-4-6-21-17(3)32-9-8-19(21)12-18/h4-7,12-14,16,26,32H,3,8-11,15H2,1-2H3,(H2,31,33). The van der Waals surface area contributed by atoms with E-state index >= 15 is 4.39 Å². The summed E-state index contributed by atoms with van der Waals surface area (Å²) in [7, 11) is 0. The smallest absolute Gasteiger partial charge is 0.139 e. The molecule has 1 aromatic heterocycles. The summed E-state index contributed by atoms with van der Waals surface area (Å²) >= 11 is 6.47. The molecule has 0 aliphatic carbocycles. The minimum Gasteiger partial charge on any atom is -0.385 e. The van der Waals surface area contributed by atoms with Crippen LogP contribution in [0.25, 0.3) is 28.0 Å². The van der Waals surface area contributed by atoms with Gasteiger partial charge in [-0.1, -0.05) is 50.2 Å². The topological polar surface area (TPSA) is 63.4 Å². The van der Waals surface area contributed by atoms with Gasteiger partial charge in [0.25, 0.3) is 0 Å². The molecule has 0 spiro atoms. The quantitative estimate of drug-likeness (QED) is 0.453. The van der Waals surface area contributed by atoms with Gasteiger partial charge in [-0.15, -0.1) is 0 Å². The van der Waals surface area contributed by atoms with Crippen molar-refractivity contribution in [2.45, 2.75) is 26.4 Å². The van der Waals surface area contributed by atoms with Crippen LogP contribution in [0.1, 0.15) is 25.0 Å². The van der Waals surface area contributed by atoms with E-state index in [4.69, 9.17) is 22.1 Å². The summed E-state index contributed by atoms with van der Waals surface area (Å²) in [5.41, 5.74) is 12.9. The first-order valence-electron chi connectivity index (χ1n) is 12.0. The molecule has 35 heavy (non-hydrogen) atoms. The van der Waals surface area contributed by atoms with Gasteiger partial charge in [0.2, 0.25) is 0 Å². The number of ether oxygens (including phenoxy) is 1. The van der Waals surface area contributed by atoms with Gasteiger partial charge in [0.1, 0.15) is 16.8 Å². The number of rotatable bonds is 4. The average Bonchev–Trinajstić information content (AvgIpc) is 2.84. The predicted molar refractivity (Wildman–Crippen MR) is 142 cm³/mol. The van der Waals surface area contributed by atoms with E-state index in [1.807, 2.05) is 24.3 Å². The fourth-order valence-corrected chi connectivity index (χ4v) is 5.11. The van der Waals surface area contributed by atoms with E-state index in [-0.39, 0.29) is 17.1 Å². The van der Waals surface area contributed by atoms with Crippen molar-refractivity contribution in [2.75, 3.05) is 36.9 Å². The van der Waals surface area contributed by atoms with Gasteiger partial charge in [-0.05, 0) is 47.7 Å². The molecule has 0 radical (unpaired) electrons. The minimum absolute atomic E-state index is 0.134. The molecule has 3 aromatic rings. The number of anilines is 2. The Labute approximate surface area is 210 Å². The Bertz CT molecular complexity index is 1290. The molecule has 2 aliphatic rings. The predicted octanol–water partition coefficient (Wildman–Crippen LogP) is 5.77. The van der Waals surface area contributed by atoms with E-state index in [9.17, 15) is 0 Å². The fourth-order valence-electron chi connectivity index (χ4n) is 4.86. The van der Waals surface area contributed by atoms with Gasteiger partial charge in [-0.25, -0.2) is 9.37 Å². The second kappa shape index (κ2) is 9.51. The molecule has 3 N–H and O–H groups in total. The number of nitrogen functional groups attached to an aromatic ring is 1. The SMILES string of the molecule is C=C1NCCc2cc(-c3cc(-c4ccc(N5CCOC(C(C)C)C5)cc4F)c(Cl)nc3N)ccc21. The number of nitrogens with zero attached hydrogens (tertiary/aromatic N) is 2. The van der Waals surface area contributed by atoms with Gasteiger partial charge < -0.3 is 20.7 Å². The molecule has 3 heterocycles. The molecule has 1 unspecified atom stereocenters. The van der Waals surface area contributed by atoms with Gasteiger partial charge in [-0.3, -0.25) is 0 Å². The summed E-state index contributed by atoms with van der Waals surface area (Å²) in [6.45, 7) is 11.3. The number of aromatic nitrogens is 1. The number of nitrogens with two attached hydrogens (primary N) is 1. The lowest BCUT2D eigenvalue weighted by Crippen LogP contribution is -2.44. The molecule has 1 atom stereocenters. The van der Waals surface area contributed by atoms with Crippen molar-refractivity contribution in [1.82, 2.24) is 10.3 Å². The van der Waals surface area contributed by atoms with Crippen molar-refractivity contribution >= 4 is 28.8 Å². The number of pyridine rings is 1. The highest BCUT2D eigenvalue weighted by molar-refractivity contribution is 6.32. The zero-order valence-corrected chi connectivity index (χ0v) is 20.8. The van der Waals surface area contributed by atoms with E-state index in [0.717, 1.165) is 54.1 Å². The Kier molecular flexibility index (Phi) is 6.43. The van der Waals surface area contributed by atoms with Crippen molar-refractivity contribution in [2.24, 2.45) is 5.92 Å². The van der Waals surface area contributed by atoms with Crippen molar-refractivity contribution in [3.8, 4) is 22.3 Å². The summed E-state index contributed by atoms with van der Waals surface area (Å²) in [5.74, 6) is 0.372. The van der Waals surface area contributed by atoms with Crippen molar-refractivity contribution in [3.05, 3.63) is 71.1 Å². The molecule has 182 valence electrons. The molecule has 2 aliphatic heterocycles. The first-order valence-corrected chi connectivity index (χ1v) is 12.4. The molecule has 1 saturated heterocycles. The Morgan fingerprint density at radius 1 is 1.14 bits per heavy atom. The Morgan fingerprint density at radius 3 is 2.71 bits per heavy atom. The first-order chi connectivity index (χ1) is 16.8. The largest absolute Gasteiger partial charge is 0.385 e. The number of hydrogen-bond donors (Lipinski definition) is 2. The van der Waals surface area contributed by atoms with Gasteiger partial charge >= 0.3 is 0 Å². The highest BCUT2D eigenvalue weighted by atomic mass is 35.5. The fraction of sp³-hybridized carbons (Fsp3) is 0.321. The molecular formula is C28H30ClFN4O. The Hall–Kier alpha value is -3.09. The lowest BCUT2D eigenvalue weighted by atomic mass is 9.93. The van der Waals surface area contributed by atoms with Crippen LogP contribution in [-0.2, 0) is 11.2 Å². The van der Waals surface area contributed by atoms with E-state index in [1.54, 1.807) is 12.1 Å². The number of halogens is 2. The summed E-state index contributed by atoms with van der Waals surface area (Å²) in [6, 6.07) is 13.3. The van der Waals surface area contributed by atoms with E-state index in [2.05, 4.69) is 41.7 Å². The zero-order chi connectivity index (χ0) is 24.7. The Morgan fingerprint density at radius 2 is 1.94 bits per heavy atom. The molecule has 0 saturated carbocycles. The van der Waals surface area contributed by atoms with Crippen LogP contribution in [0.3, 0.4) is 0 Å². The third kappa shape index (κ3) is 4.60. The molecule has 1 fully saturated rings. The third-order valence-corrected chi connectivity index (χ3v) is 7.21. The molecule has 7 heteroatoms. The summed E-state index contributed by atoms with van der Waals surface area (Å²) in [5, 5.41) is 3.47. The molecule has 0 amide bonds. The Balaban J connectivity index is 1.49. The van der Waals surface area contributed by atoms with Crippen LogP contribution < -0.4 is 16.0 Å². The van der Waals surface area contributed by atoms with Crippen LogP contribution >= 0.6 is 11.6 Å². The zero-order valence-electron chi connectivity index (χ0n) is 20.1. The normalized spacial score (nSPS) is 17.9. The lowest BCUT2D eigenvalue weighted by Gasteiger charge is -2.36. The third-order valence-electron chi connectivity index (χ3n) is 6.92. The number of fused-ring (bicyclic) bond motifs is 1. The van der Waals surface area contributed by atoms with E-state index < -0.39 is 0 Å². The summed E-state index contributed by atoms with van der Waals surface area (Å²) in [4.78, 5) is 6.53. The van der Waals surface area contributed by atoms with Gasteiger partial charge in [-0.2, -0.15) is 0 Å². The first kappa shape index (κ1) is 23.6. The van der Waals surface area contributed by atoms with Crippen LogP contribution in [0.5, 0.6) is 0 Å². The van der Waals surface area contributed by atoms with Crippen molar-refractivity contribution < 1.29 is 9.13 Å². The monoisotopic (exact) mass is 492 g/mol. The van der Waals surface area contributed by atoms with Crippen molar-refractivity contribution in [3.63, 3.8) is 0 Å². The number of morpholine rings is 1. The van der Waals surface area contributed by atoms with E-state index in [0.29, 0.717) is 29.5 Å². The highest BCUT2D eigenvalue weighted by Gasteiger charge is 2.24. The lowest BCUT2D eigenvalue weighted by molar-refractivity contribution is 0.0114. The maximum absolute atomic E-state index is 15.4. The number of hydrogen-bond acceptors (Lipinski definition) is 5.